The van der Waals surface area contributed by atoms with Crippen LogP contribution in [0.2, 0.25) is 0 Å². The van der Waals surface area contributed by atoms with Crippen molar-refractivity contribution in [3.05, 3.63) is 30.1 Å². The molecular formula is C12H17FN4O2. The molecule has 104 valence electrons. The summed E-state index contributed by atoms with van der Waals surface area (Å²) in [4.78, 5) is 13.2. The highest BCUT2D eigenvalue weighted by atomic mass is 19.1. The number of rotatable bonds is 4. The Morgan fingerprint density at radius 2 is 2.21 bits per heavy atom. The van der Waals surface area contributed by atoms with E-state index in [-0.39, 0.29) is 24.0 Å². The predicted octanol–water partition coefficient (Wildman–Crippen LogP) is 1.81. The molecular weight excluding hydrogens is 251 g/mol. The normalized spacial score (nSPS) is 12.9. The second-order valence-electron chi connectivity index (χ2n) is 4.17. The number of nitrogens with two attached hydrogens (primary N) is 1. The van der Waals surface area contributed by atoms with Crippen LogP contribution in [0.15, 0.2) is 29.4 Å². The van der Waals surface area contributed by atoms with Gasteiger partial charge in [-0.2, -0.15) is 0 Å². The molecule has 0 saturated heterocycles. The van der Waals surface area contributed by atoms with Crippen molar-refractivity contribution in [2.45, 2.75) is 19.4 Å². The fourth-order valence-corrected chi connectivity index (χ4v) is 1.45. The molecule has 0 saturated carbocycles. The molecule has 1 aromatic carbocycles. The number of urea groups is 1. The first-order valence-electron chi connectivity index (χ1n) is 5.70. The highest BCUT2D eigenvalue weighted by molar-refractivity contribution is 5.90. The van der Waals surface area contributed by atoms with Gasteiger partial charge in [0.1, 0.15) is 11.7 Å². The largest absolute Gasteiger partial charge is 0.409 e. The Labute approximate surface area is 110 Å². The van der Waals surface area contributed by atoms with Crippen LogP contribution in [0.25, 0.3) is 0 Å². The fourth-order valence-electron chi connectivity index (χ4n) is 1.45. The number of benzene rings is 1. The molecule has 6 nitrogen and oxygen atoms in total. The standard InChI is InChI=1S/C12H17FN4O2/c1-8(7-11(14)16-19)17(2)12(18)15-10-6-4-3-5-9(10)13/h3-6,8,19H,7H2,1-2H3,(H2,14,16)(H,15,18). The molecule has 0 fully saturated rings. The number of hydrogen-bond donors (Lipinski definition) is 3. The summed E-state index contributed by atoms with van der Waals surface area (Å²) in [5, 5.41) is 13.8. The predicted molar refractivity (Wildman–Crippen MR) is 70.7 cm³/mol. The Morgan fingerprint density at radius 3 is 2.79 bits per heavy atom. The van der Waals surface area contributed by atoms with Crippen molar-refractivity contribution in [3.63, 3.8) is 0 Å². The third-order valence-electron chi connectivity index (χ3n) is 2.73. The van der Waals surface area contributed by atoms with Crippen molar-refractivity contribution in [1.82, 2.24) is 4.90 Å². The van der Waals surface area contributed by atoms with Gasteiger partial charge >= 0.3 is 6.03 Å². The molecule has 2 amide bonds. The van der Waals surface area contributed by atoms with Gasteiger partial charge in [-0.25, -0.2) is 9.18 Å². The molecule has 0 bridgehead atoms. The van der Waals surface area contributed by atoms with Gasteiger partial charge in [-0.3, -0.25) is 0 Å². The van der Waals surface area contributed by atoms with Gasteiger partial charge in [0.25, 0.3) is 0 Å². The number of hydrogen-bond acceptors (Lipinski definition) is 3. The summed E-state index contributed by atoms with van der Waals surface area (Å²) in [7, 11) is 1.55. The van der Waals surface area contributed by atoms with E-state index in [4.69, 9.17) is 10.9 Å². The summed E-state index contributed by atoms with van der Waals surface area (Å²) in [6, 6.07) is 5.13. The molecule has 1 unspecified atom stereocenters. The minimum Gasteiger partial charge on any atom is -0.409 e. The van der Waals surface area contributed by atoms with Gasteiger partial charge < -0.3 is 21.2 Å². The van der Waals surface area contributed by atoms with E-state index in [1.807, 2.05) is 0 Å². The molecule has 0 aliphatic rings. The van der Waals surface area contributed by atoms with Crippen molar-refractivity contribution < 1.29 is 14.4 Å². The highest BCUT2D eigenvalue weighted by Gasteiger charge is 2.18. The van der Waals surface area contributed by atoms with Gasteiger partial charge in [0.2, 0.25) is 0 Å². The first-order valence-corrected chi connectivity index (χ1v) is 5.70. The van der Waals surface area contributed by atoms with Crippen LogP contribution in [0.1, 0.15) is 13.3 Å². The van der Waals surface area contributed by atoms with E-state index in [0.717, 1.165) is 0 Å². The van der Waals surface area contributed by atoms with Crippen LogP contribution < -0.4 is 11.1 Å². The summed E-state index contributed by atoms with van der Waals surface area (Å²) in [6.45, 7) is 1.74. The zero-order chi connectivity index (χ0) is 14.4. The summed E-state index contributed by atoms with van der Waals surface area (Å²) in [5.41, 5.74) is 5.48. The fraction of sp³-hybridized carbons (Fsp3) is 0.333. The van der Waals surface area contributed by atoms with Gasteiger partial charge in [0.05, 0.1) is 5.69 Å². The zero-order valence-corrected chi connectivity index (χ0v) is 10.8. The maximum absolute atomic E-state index is 13.4. The molecule has 0 aliphatic carbocycles. The van der Waals surface area contributed by atoms with Crippen LogP contribution >= 0.6 is 0 Å². The third-order valence-corrected chi connectivity index (χ3v) is 2.73. The Kier molecular flexibility index (Phi) is 5.11. The first-order chi connectivity index (χ1) is 8.95. The molecule has 4 N–H and O–H groups in total. The molecule has 7 heteroatoms. The van der Waals surface area contributed by atoms with E-state index in [1.165, 1.54) is 23.1 Å². The smallest absolute Gasteiger partial charge is 0.321 e. The number of carbonyl (C=O) groups excluding carboxylic acids is 1. The number of oxime groups is 1. The van der Waals surface area contributed by atoms with Crippen LogP contribution in [-0.4, -0.2) is 35.1 Å². The number of carbonyl (C=O) groups is 1. The van der Waals surface area contributed by atoms with Gasteiger partial charge in [-0.05, 0) is 19.1 Å². The third kappa shape index (κ3) is 4.13. The number of halogens is 1. The first kappa shape index (κ1) is 14.7. The van der Waals surface area contributed by atoms with Gasteiger partial charge in [0, 0.05) is 19.5 Å². The summed E-state index contributed by atoms with van der Waals surface area (Å²) in [5.74, 6) is -0.480. The van der Waals surface area contributed by atoms with Crippen LogP contribution in [0.4, 0.5) is 14.9 Å². The number of anilines is 1. The van der Waals surface area contributed by atoms with E-state index in [2.05, 4.69) is 10.5 Å². The molecule has 0 aromatic heterocycles. The molecule has 0 radical (unpaired) electrons. The number of amidine groups is 1. The lowest BCUT2D eigenvalue weighted by Crippen LogP contribution is -2.40. The van der Waals surface area contributed by atoms with E-state index < -0.39 is 11.8 Å². The molecule has 0 heterocycles. The van der Waals surface area contributed by atoms with E-state index >= 15 is 0 Å². The second-order valence-corrected chi connectivity index (χ2v) is 4.17. The van der Waals surface area contributed by atoms with Crippen LogP contribution in [0, 0.1) is 5.82 Å². The van der Waals surface area contributed by atoms with Gasteiger partial charge in [0.15, 0.2) is 0 Å². The maximum Gasteiger partial charge on any atom is 0.321 e. The SMILES string of the molecule is CC(CC(N)=NO)N(C)C(=O)Nc1ccccc1F. The molecule has 1 rings (SSSR count). The molecule has 19 heavy (non-hydrogen) atoms. The van der Waals surface area contributed by atoms with Crippen molar-refractivity contribution in [2.75, 3.05) is 12.4 Å². The second kappa shape index (κ2) is 6.58. The molecule has 0 aliphatic heterocycles. The number of nitrogens with zero attached hydrogens (tertiary/aromatic N) is 2. The molecule has 1 atom stereocenters. The maximum atomic E-state index is 13.4. The number of nitrogens with one attached hydrogen (secondary N) is 1. The number of amides is 2. The number of para-hydroxylation sites is 1. The van der Waals surface area contributed by atoms with Crippen LogP contribution in [0.3, 0.4) is 0 Å². The van der Waals surface area contributed by atoms with Crippen molar-refractivity contribution in [1.29, 1.82) is 0 Å². The van der Waals surface area contributed by atoms with Gasteiger partial charge in [-0.1, -0.05) is 17.3 Å². The summed E-state index contributed by atoms with van der Waals surface area (Å²) < 4.78 is 13.4. The van der Waals surface area contributed by atoms with Crippen LogP contribution in [0.5, 0.6) is 0 Å². The Hall–Kier alpha value is -2.31. The Balaban J connectivity index is 2.65. The average Bonchev–Trinajstić information content (AvgIpc) is 2.40. The lowest BCUT2D eigenvalue weighted by molar-refractivity contribution is 0.208. The monoisotopic (exact) mass is 268 g/mol. The lowest BCUT2D eigenvalue weighted by Gasteiger charge is -2.24. The Morgan fingerprint density at radius 1 is 1.58 bits per heavy atom. The van der Waals surface area contributed by atoms with Crippen molar-refractivity contribution in [3.8, 4) is 0 Å². The van der Waals surface area contributed by atoms with Crippen molar-refractivity contribution in [2.24, 2.45) is 10.9 Å². The Bertz CT molecular complexity index is 479. The highest BCUT2D eigenvalue weighted by Crippen LogP contribution is 2.13. The topological polar surface area (TPSA) is 91.0 Å². The van der Waals surface area contributed by atoms with Crippen molar-refractivity contribution >= 4 is 17.6 Å². The van der Waals surface area contributed by atoms with E-state index in [1.54, 1.807) is 20.0 Å². The molecule has 0 spiro atoms. The van der Waals surface area contributed by atoms with Gasteiger partial charge in [-0.15, -0.1) is 0 Å². The van der Waals surface area contributed by atoms with E-state index in [9.17, 15) is 9.18 Å². The summed E-state index contributed by atoms with van der Waals surface area (Å²) in [6.07, 6.45) is 0.220. The minimum atomic E-state index is -0.506. The zero-order valence-electron chi connectivity index (χ0n) is 10.8. The minimum absolute atomic E-state index is 0.0260. The lowest BCUT2D eigenvalue weighted by atomic mass is 10.2. The quantitative estimate of drug-likeness (QED) is 0.336. The summed E-state index contributed by atoms with van der Waals surface area (Å²) >= 11 is 0. The van der Waals surface area contributed by atoms with E-state index in [0.29, 0.717) is 0 Å². The molecule has 1 aromatic rings. The van der Waals surface area contributed by atoms with Crippen LogP contribution in [-0.2, 0) is 0 Å². The average molecular weight is 268 g/mol.